The summed E-state index contributed by atoms with van der Waals surface area (Å²) in [7, 11) is 0. The van der Waals surface area contributed by atoms with Crippen molar-refractivity contribution < 1.29 is 13.2 Å². The molecule has 6 heteroatoms. The largest absolute Gasteiger partial charge is 0.420 e. The quantitative estimate of drug-likeness (QED) is 0.789. The van der Waals surface area contributed by atoms with Gasteiger partial charge in [-0.25, -0.2) is 4.98 Å². The van der Waals surface area contributed by atoms with Gasteiger partial charge in [0.1, 0.15) is 5.56 Å². The molecule has 0 bridgehead atoms. The SMILES string of the molecule is Cc1[nH]c(=S)nc(-c2ccccc2)c1C(F)(F)F. The summed E-state index contributed by atoms with van der Waals surface area (Å²) in [6.07, 6.45) is -4.47. The first-order valence-corrected chi connectivity index (χ1v) is 5.54. The number of rotatable bonds is 1. The molecule has 0 amide bonds. The van der Waals surface area contributed by atoms with Gasteiger partial charge in [-0.2, -0.15) is 13.2 Å². The fourth-order valence-electron chi connectivity index (χ4n) is 1.74. The van der Waals surface area contributed by atoms with E-state index in [1.807, 2.05) is 0 Å². The minimum absolute atomic E-state index is 0.0265. The van der Waals surface area contributed by atoms with E-state index in [0.29, 0.717) is 5.56 Å². The fourth-order valence-corrected chi connectivity index (χ4v) is 1.98. The molecule has 0 aliphatic carbocycles. The molecule has 0 saturated heterocycles. The molecule has 0 aliphatic rings. The first kappa shape index (κ1) is 12.8. The highest BCUT2D eigenvalue weighted by atomic mass is 32.1. The molecule has 2 nitrogen and oxygen atoms in total. The van der Waals surface area contributed by atoms with Gasteiger partial charge < -0.3 is 4.98 Å². The highest BCUT2D eigenvalue weighted by Gasteiger charge is 2.36. The lowest BCUT2D eigenvalue weighted by atomic mass is 10.0. The Morgan fingerprint density at radius 2 is 1.78 bits per heavy atom. The fraction of sp³-hybridized carbons (Fsp3) is 0.167. The van der Waals surface area contributed by atoms with Crippen molar-refractivity contribution in [1.82, 2.24) is 9.97 Å². The molecule has 1 aromatic carbocycles. The third kappa shape index (κ3) is 2.43. The highest BCUT2D eigenvalue weighted by molar-refractivity contribution is 7.71. The van der Waals surface area contributed by atoms with Crippen LogP contribution in [0.1, 0.15) is 11.3 Å². The standard InChI is InChI=1S/C12H9F3N2S/c1-7-9(12(13,14)15)10(17-11(18)16-7)8-5-3-2-4-6-8/h2-6H,1H3,(H,16,17,18). The van der Waals surface area contributed by atoms with Crippen LogP contribution in [-0.2, 0) is 6.18 Å². The van der Waals surface area contributed by atoms with E-state index in [9.17, 15) is 13.2 Å². The van der Waals surface area contributed by atoms with E-state index < -0.39 is 11.7 Å². The second kappa shape index (κ2) is 4.53. The average Bonchev–Trinajstić information content (AvgIpc) is 2.27. The third-order valence-electron chi connectivity index (χ3n) is 2.45. The normalized spacial score (nSPS) is 11.6. The summed E-state index contributed by atoms with van der Waals surface area (Å²) in [5.74, 6) is 0. The number of aryl methyl sites for hydroxylation is 1. The van der Waals surface area contributed by atoms with Crippen molar-refractivity contribution in [2.45, 2.75) is 13.1 Å². The number of aromatic nitrogens is 2. The van der Waals surface area contributed by atoms with Gasteiger partial charge in [0, 0.05) is 11.3 Å². The molecule has 2 aromatic rings. The first-order chi connectivity index (χ1) is 8.39. The van der Waals surface area contributed by atoms with Crippen molar-refractivity contribution >= 4 is 12.2 Å². The maximum Gasteiger partial charge on any atom is 0.420 e. The van der Waals surface area contributed by atoms with Crippen LogP contribution < -0.4 is 0 Å². The molecule has 94 valence electrons. The summed E-state index contributed by atoms with van der Waals surface area (Å²) in [5, 5.41) is 0. The zero-order chi connectivity index (χ0) is 13.3. The van der Waals surface area contributed by atoms with Crippen molar-refractivity contribution in [3.8, 4) is 11.3 Å². The lowest BCUT2D eigenvalue weighted by Crippen LogP contribution is -2.12. The molecule has 1 heterocycles. The molecular formula is C12H9F3N2S. The van der Waals surface area contributed by atoms with E-state index in [1.165, 1.54) is 6.92 Å². The van der Waals surface area contributed by atoms with Crippen LogP contribution in [0, 0.1) is 11.7 Å². The number of H-pyrrole nitrogens is 1. The summed E-state index contributed by atoms with van der Waals surface area (Å²) in [6, 6.07) is 8.20. The van der Waals surface area contributed by atoms with Crippen LogP contribution in [0.3, 0.4) is 0 Å². The van der Waals surface area contributed by atoms with Crippen LogP contribution in [0.2, 0.25) is 0 Å². The number of nitrogens with zero attached hydrogens (tertiary/aromatic N) is 1. The van der Waals surface area contributed by atoms with Gasteiger partial charge in [0.15, 0.2) is 4.77 Å². The minimum atomic E-state index is -4.47. The van der Waals surface area contributed by atoms with Crippen LogP contribution in [0.15, 0.2) is 30.3 Å². The molecule has 0 atom stereocenters. The van der Waals surface area contributed by atoms with Gasteiger partial charge in [-0.1, -0.05) is 30.3 Å². The van der Waals surface area contributed by atoms with E-state index >= 15 is 0 Å². The molecule has 0 saturated carbocycles. The number of aromatic amines is 1. The Hall–Kier alpha value is -1.69. The Balaban J connectivity index is 2.78. The maximum absolute atomic E-state index is 13.0. The summed E-state index contributed by atoms with van der Waals surface area (Å²) in [4.78, 5) is 6.25. The molecule has 0 radical (unpaired) electrons. The maximum atomic E-state index is 13.0. The topological polar surface area (TPSA) is 28.7 Å². The number of halogens is 3. The second-order valence-electron chi connectivity index (χ2n) is 3.75. The van der Waals surface area contributed by atoms with E-state index in [-0.39, 0.29) is 16.2 Å². The molecular weight excluding hydrogens is 261 g/mol. The smallest absolute Gasteiger partial charge is 0.334 e. The Labute approximate surface area is 107 Å². The van der Waals surface area contributed by atoms with Gasteiger partial charge in [0.25, 0.3) is 0 Å². The number of hydrogen-bond donors (Lipinski definition) is 1. The summed E-state index contributed by atoms with van der Waals surface area (Å²) >= 11 is 4.84. The molecule has 2 rings (SSSR count). The Morgan fingerprint density at radius 3 is 2.33 bits per heavy atom. The van der Waals surface area contributed by atoms with Crippen LogP contribution in [0.25, 0.3) is 11.3 Å². The van der Waals surface area contributed by atoms with Gasteiger partial charge in [-0.3, -0.25) is 0 Å². The van der Waals surface area contributed by atoms with Gasteiger partial charge in [-0.15, -0.1) is 0 Å². The monoisotopic (exact) mass is 270 g/mol. The molecule has 0 unspecified atom stereocenters. The molecule has 0 fully saturated rings. The number of hydrogen-bond acceptors (Lipinski definition) is 2. The number of alkyl halides is 3. The highest BCUT2D eigenvalue weighted by Crippen LogP contribution is 2.37. The molecule has 1 aromatic heterocycles. The predicted octanol–water partition coefficient (Wildman–Crippen LogP) is 4.13. The van der Waals surface area contributed by atoms with Gasteiger partial charge >= 0.3 is 6.18 Å². The lowest BCUT2D eigenvalue weighted by molar-refractivity contribution is -0.138. The van der Waals surface area contributed by atoms with Crippen molar-refractivity contribution in [3.05, 3.63) is 46.4 Å². The van der Waals surface area contributed by atoms with Gasteiger partial charge in [-0.05, 0) is 19.1 Å². The Kier molecular flexibility index (Phi) is 3.21. The van der Waals surface area contributed by atoms with Gasteiger partial charge in [0.2, 0.25) is 0 Å². The van der Waals surface area contributed by atoms with Crippen LogP contribution >= 0.6 is 12.2 Å². The first-order valence-electron chi connectivity index (χ1n) is 5.13. The van der Waals surface area contributed by atoms with Crippen LogP contribution in [0.4, 0.5) is 13.2 Å². The number of benzene rings is 1. The predicted molar refractivity (Wildman–Crippen MR) is 64.6 cm³/mol. The molecule has 0 aliphatic heterocycles. The molecule has 18 heavy (non-hydrogen) atoms. The molecule has 0 spiro atoms. The van der Waals surface area contributed by atoms with Crippen LogP contribution in [-0.4, -0.2) is 9.97 Å². The van der Waals surface area contributed by atoms with E-state index in [0.717, 1.165) is 0 Å². The summed E-state index contributed by atoms with van der Waals surface area (Å²) in [5.41, 5.74) is -0.541. The van der Waals surface area contributed by atoms with E-state index in [1.54, 1.807) is 30.3 Å². The second-order valence-corrected chi connectivity index (χ2v) is 4.14. The van der Waals surface area contributed by atoms with E-state index in [2.05, 4.69) is 9.97 Å². The number of nitrogens with one attached hydrogen (secondary N) is 1. The van der Waals surface area contributed by atoms with Crippen molar-refractivity contribution in [1.29, 1.82) is 0 Å². The lowest BCUT2D eigenvalue weighted by Gasteiger charge is -2.14. The average molecular weight is 270 g/mol. The van der Waals surface area contributed by atoms with E-state index in [4.69, 9.17) is 12.2 Å². The Bertz CT molecular complexity index is 617. The van der Waals surface area contributed by atoms with Crippen molar-refractivity contribution in [2.75, 3.05) is 0 Å². The van der Waals surface area contributed by atoms with Crippen molar-refractivity contribution in [3.63, 3.8) is 0 Å². The Morgan fingerprint density at radius 1 is 1.17 bits per heavy atom. The zero-order valence-electron chi connectivity index (χ0n) is 9.38. The van der Waals surface area contributed by atoms with Crippen LogP contribution in [0.5, 0.6) is 0 Å². The summed E-state index contributed by atoms with van der Waals surface area (Å²) in [6.45, 7) is 1.34. The van der Waals surface area contributed by atoms with Crippen molar-refractivity contribution in [2.24, 2.45) is 0 Å². The third-order valence-corrected chi connectivity index (χ3v) is 2.64. The molecule has 1 N–H and O–H groups in total. The minimum Gasteiger partial charge on any atom is -0.334 e. The van der Waals surface area contributed by atoms with Gasteiger partial charge in [0.05, 0.1) is 5.69 Å². The zero-order valence-corrected chi connectivity index (χ0v) is 10.2. The summed E-state index contributed by atoms with van der Waals surface area (Å²) < 4.78 is 39.1.